The van der Waals surface area contributed by atoms with Gasteiger partial charge in [0.15, 0.2) is 0 Å². The van der Waals surface area contributed by atoms with Crippen molar-refractivity contribution in [2.24, 2.45) is 0 Å². The van der Waals surface area contributed by atoms with E-state index in [-0.39, 0.29) is 6.04 Å². The van der Waals surface area contributed by atoms with Gasteiger partial charge in [-0.1, -0.05) is 49.4 Å². The summed E-state index contributed by atoms with van der Waals surface area (Å²) in [4.78, 5) is 0. The van der Waals surface area contributed by atoms with Crippen LogP contribution >= 0.6 is 0 Å². The minimum absolute atomic E-state index is 0.125. The normalized spacial score (nSPS) is 13.1. The molecule has 0 bridgehead atoms. The molecule has 0 saturated heterocycles. The number of likely N-dealkylation sites (N-methyl/N-ethyl adjacent to an activating group) is 1. The second-order valence-electron chi connectivity index (χ2n) is 4.92. The highest BCUT2D eigenvalue weighted by atomic mass is 19.4. The summed E-state index contributed by atoms with van der Waals surface area (Å²) in [6, 6.07) is 15.2. The monoisotopic (exact) mass is 293 g/mol. The summed E-state index contributed by atoms with van der Waals surface area (Å²) >= 11 is 0. The third-order valence-corrected chi connectivity index (χ3v) is 3.35. The number of benzene rings is 2. The van der Waals surface area contributed by atoms with Crippen molar-refractivity contribution in [3.63, 3.8) is 0 Å². The molecule has 112 valence electrons. The van der Waals surface area contributed by atoms with Crippen LogP contribution in [0.2, 0.25) is 0 Å². The summed E-state index contributed by atoms with van der Waals surface area (Å²) in [6.45, 7) is 2.65. The van der Waals surface area contributed by atoms with Gasteiger partial charge in [0.05, 0.1) is 5.56 Å². The van der Waals surface area contributed by atoms with Crippen LogP contribution in [0.15, 0.2) is 54.6 Å². The van der Waals surface area contributed by atoms with E-state index in [0.29, 0.717) is 18.5 Å². The zero-order valence-electron chi connectivity index (χ0n) is 11.8. The first-order valence-corrected chi connectivity index (χ1v) is 6.95. The molecule has 21 heavy (non-hydrogen) atoms. The van der Waals surface area contributed by atoms with Gasteiger partial charge in [0.25, 0.3) is 0 Å². The maximum atomic E-state index is 12.8. The van der Waals surface area contributed by atoms with Crippen molar-refractivity contribution in [2.75, 3.05) is 6.54 Å². The molecule has 0 amide bonds. The second kappa shape index (κ2) is 6.76. The average Bonchev–Trinajstić information content (AvgIpc) is 2.47. The van der Waals surface area contributed by atoms with Crippen molar-refractivity contribution in [3.8, 4) is 0 Å². The molecule has 1 atom stereocenters. The van der Waals surface area contributed by atoms with Gasteiger partial charge in [0.2, 0.25) is 0 Å². The molecule has 1 nitrogen and oxygen atoms in total. The molecular formula is C17H18F3N. The quantitative estimate of drug-likeness (QED) is 0.849. The number of nitrogens with one attached hydrogen (secondary N) is 1. The molecule has 1 N–H and O–H groups in total. The number of hydrogen-bond donors (Lipinski definition) is 1. The van der Waals surface area contributed by atoms with Gasteiger partial charge in [-0.3, -0.25) is 0 Å². The van der Waals surface area contributed by atoms with Gasteiger partial charge in [0.1, 0.15) is 0 Å². The van der Waals surface area contributed by atoms with Gasteiger partial charge in [-0.25, -0.2) is 0 Å². The lowest BCUT2D eigenvalue weighted by molar-refractivity contribution is -0.137. The van der Waals surface area contributed by atoms with Crippen LogP contribution in [0, 0.1) is 0 Å². The van der Waals surface area contributed by atoms with Gasteiger partial charge in [-0.15, -0.1) is 0 Å². The van der Waals surface area contributed by atoms with Crippen LogP contribution < -0.4 is 5.32 Å². The van der Waals surface area contributed by atoms with Gasteiger partial charge in [-0.2, -0.15) is 13.2 Å². The minimum Gasteiger partial charge on any atom is -0.310 e. The predicted octanol–water partition coefficient (Wildman–Crippen LogP) is 4.60. The molecular weight excluding hydrogens is 275 g/mol. The molecule has 0 heterocycles. The fourth-order valence-corrected chi connectivity index (χ4v) is 2.34. The zero-order chi connectivity index (χ0) is 15.3. The van der Waals surface area contributed by atoms with Gasteiger partial charge >= 0.3 is 6.18 Å². The van der Waals surface area contributed by atoms with E-state index in [2.05, 4.69) is 5.32 Å². The molecule has 0 aromatic heterocycles. The predicted molar refractivity (Wildman–Crippen MR) is 78.0 cm³/mol. The third-order valence-electron chi connectivity index (χ3n) is 3.35. The standard InChI is InChI=1S/C17H18F3N/c1-2-21-16(11-13-7-4-3-5-8-13)14-9-6-10-15(12-14)17(18,19)20/h3-10,12,16,21H,2,11H2,1H3. The third kappa shape index (κ3) is 4.33. The van der Waals surface area contributed by atoms with E-state index in [0.717, 1.165) is 11.6 Å². The summed E-state index contributed by atoms with van der Waals surface area (Å²) in [5.74, 6) is 0. The van der Waals surface area contributed by atoms with Crippen molar-refractivity contribution < 1.29 is 13.2 Å². The zero-order valence-corrected chi connectivity index (χ0v) is 11.8. The lowest BCUT2D eigenvalue weighted by atomic mass is 9.97. The van der Waals surface area contributed by atoms with Crippen LogP contribution in [0.25, 0.3) is 0 Å². The Morgan fingerprint density at radius 2 is 1.71 bits per heavy atom. The number of rotatable bonds is 5. The summed E-state index contributed by atoms with van der Waals surface area (Å²) in [5, 5.41) is 3.26. The Morgan fingerprint density at radius 3 is 2.33 bits per heavy atom. The Hall–Kier alpha value is -1.81. The molecule has 0 aliphatic carbocycles. The highest BCUT2D eigenvalue weighted by molar-refractivity contribution is 5.29. The van der Waals surface area contributed by atoms with Crippen LogP contribution in [0.5, 0.6) is 0 Å². The Morgan fingerprint density at radius 1 is 1.00 bits per heavy atom. The highest BCUT2D eigenvalue weighted by Crippen LogP contribution is 2.31. The van der Waals surface area contributed by atoms with E-state index in [4.69, 9.17) is 0 Å². The summed E-state index contributed by atoms with van der Waals surface area (Å²) in [6.07, 6.45) is -3.64. The van der Waals surface area contributed by atoms with Crippen molar-refractivity contribution in [2.45, 2.75) is 25.6 Å². The maximum absolute atomic E-state index is 12.8. The fourth-order valence-electron chi connectivity index (χ4n) is 2.34. The van der Waals surface area contributed by atoms with E-state index in [9.17, 15) is 13.2 Å². The number of hydrogen-bond acceptors (Lipinski definition) is 1. The molecule has 0 radical (unpaired) electrons. The van der Waals surface area contributed by atoms with E-state index < -0.39 is 11.7 Å². The lowest BCUT2D eigenvalue weighted by Gasteiger charge is -2.20. The van der Waals surface area contributed by atoms with E-state index >= 15 is 0 Å². The molecule has 0 fully saturated rings. The van der Waals surface area contributed by atoms with Crippen molar-refractivity contribution in [1.82, 2.24) is 5.32 Å². The largest absolute Gasteiger partial charge is 0.416 e. The lowest BCUT2D eigenvalue weighted by Crippen LogP contribution is -2.23. The molecule has 2 aromatic carbocycles. The second-order valence-corrected chi connectivity index (χ2v) is 4.92. The molecule has 0 spiro atoms. The van der Waals surface area contributed by atoms with E-state index in [1.807, 2.05) is 37.3 Å². The Bertz CT molecular complexity index is 564. The van der Waals surface area contributed by atoms with Crippen LogP contribution in [0.3, 0.4) is 0 Å². The van der Waals surface area contributed by atoms with Crippen molar-refractivity contribution in [1.29, 1.82) is 0 Å². The molecule has 4 heteroatoms. The summed E-state index contributed by atoms with van der Waals surface area (Å²) in [5.41, 5.74) is 1.16. The topological polar surface area (TPSA) is 12.0 Å². The molecule has 0 aliphatic heterocycles. The van der Waals surface area contributed by atoms with E-state index in [1.54, 1.807) is 6.07 Å². The molecule has 1 unspecified atom stereocenters. The molecule has 2 rings (SSSR count). The van der Waals surface area contributed by atoms with Crippen LogP contribution in [0.1, 0.15) is 29.7 Å². The number of alkyl halides is 3. The maximum Gasteiger partial charge on any atom is 0.416 e. The Balaban J connectivity index is 2.26. The van der Waals surface area contributed by atoms with Crippen LogP contribution in [-0.2, 0) is 12.6 Å². The van der Waals surface area contributed by atoms with Gasteiger partial charge < -0.3 is 5.32 Å². The van der Waals surface area contributed by atoms with Crippen molar-refractivity contribution in [3.05, 3.63) is 71.3 Å². The average molecular weight is 293 g/mol. The first-order valence-electron chi connectivity index (χ1n) is 6.95. The van der Waals surface area contributed by atoms with Gasteiger partial charge in [0, 0.05) is 6.04 Å². The van der Waals surface area contributed by atoms with Gasteiger partial charge in [-0.05, 0) is 36.2 Å². The number of halogens is 3. The molecule has 0 aliphatic rings. The minimum atomic E-state index is -4.31. The smallest absolute Gasteiger partial charge is 0.310 e. The fraction of sp³-hybridized carbons (Fsp3) is 0.294. The van der Waals surface area contributed by atoms with Crippen LogP contribution in [0.4, 0.5) is 13.2 Å². The van der Waals surface area contributed by atoms with Crippen LogP contribution in [-0.4, -0.2) is 6.54 Å². The Kier molecular flexibility index (Phi) is 5.02. The van der Waals surface area contributed by atoms with E-state index in [1.165, 1.54) is 12.1 Å². The first kappa shape index (κ1) is 15.6. The highest BCUT2D eigenvalue weighted by Gasteiger charge is 2.30. The molecule has 2 aromatic rings. The first-order chi connectivity index (χ1) is 10.0. The molecule has 0 saturated carbocycles. The summed E-state index contributed by atoms with van der Waals surface area (Å²) in [7, 11) is 0. The SMILES string of the molecule is CCNC(Cc1ccccc1)c1cccc(C(F)(F)F)c1. The van der Waals surface area contributed by atoms with Crippen molar-refractivity contribution >= 4 is 0 Å². The Labute approximate surface area is 122 Å². The summed E-state index contributed by atoms with van der Waals surface area (Å²) < 4.78 is 38.5.